The molecule has 0 radical (unpaired) electrons. The lowest BCUT2D eigenvalue weighted by atomic mass is 10.1. The summed E-state index contributed by atoms with van der Waals surface area (Å²) in [4.78, 5) is 30.4. The first kappa shape index (κ1) is 12.4. The monoisotopic (exact) mass is 228 g/mol. The molecule has 5 nitrogen and oxygen atoms in total. The third-order valence-electron chi connectivity index (χ3n) is 2.18. The number of hydrogen-bond donors (Lipinski definition) is 1. The number of nitrogens with one attached hydrogen (secondary N) is 1. The van der Waals surface area contributed by atoms with Crippen LogP contribution in [0.5, 0.6) is 0 Å². The van der Waals surface area contributed by atoms with E-state index >= 15 is 0 Å². The third-order valence-corrected chi connectivity index (χ3v) is 2.18. The summed E-state index contributed by atoms with van der Waals surface area (Å²) in [6.07, 6.45) is 1.83. The minimum atomic E-state index is -0.500. The van der Waals surface area contributed by atoms with Gasteiger partial charge in [-0.3, -0.25) is 4.79 Å². The molecule has 1 aromatic carbocycles. The van der Waals surface area contributed by atoms with Crippen molar-refractivity contribution in [3.63, 3.8) is 0 Å². The van der Waals surface area contributed by atoms with Gasteiger partial charge in [-0.2, -0.15) is 14.9 Å². The van der Waals surface area contributed by atoms with Crippen LogP contribution in [0.4, 0.5) is 0 Å². The van der Waals surface area contributed by atoms with Crippen molar-refractivity contribution in [1.29, 1.82) is 5.26 Å². The predicted molar refractivity (Wildman–Crippen MR) is 58.0 cm³/mol. The molecule has 0 amide bonds. The van der Waals surface area contributed by atoms with Crippen LogP contribution in [0.3, 0.4) is 0 Å². The lowest BCUT2D eigenvalue weighted by molar-refractivity contribution is -0.191. The van der Waals surface area contributed by atoms with Crippen molar-refractivity contribution in [2.75, 3.05) is 0 Å². The second-order valence-electron chi connectivity index (χ2n) is 3.28. The fourth-order valence-electron chi connectivity index (χ4n) is 1.49. The number of aryl methyl sites for hydroxylation is 1. The molecule has 84 valence electrons. The zero-order chi connectivity index (χ0) is 12.8. The van der Waals surface area contributed by atoms with E-state index in [2.05, 4.69) is 4.98 Å². The molecule has 1 aromatic heterocycles. The maximum absolute atomic E-state index is 11.2. The fourth-order valence-corrected chi connectivity index (χ4v) is 1.49. The number of aromatic nitrogens is 1. The molecule has 1 N–H and O–H groups in total. The zero-order valence-corrected chi connectivity index (χ0v) is 8.98. The lowest BCUT2D eigenvalue weighted by Crippen LogP contribution is -1.91. The van der Waals surface area contributed by atoms with Crippen LogP contribution >= 0.6 is 0 Å². The molecular weight excluding hydrogens is 220 g/mol. The summed E-state index contributed by atoms with van der Waals surface area (Å²) in [5.41, 5.74) is 2.46. The topological polar surface area (TPSA) is 90.8 Å². The van der Waals surface area contributed by atoms with Crippen LogP contribution in [0.1, 0.15) is 15.9 Å². The first-order valence-corrected chi connectivity index (χ1v) is 4.65. The van der Waals surface area contributed by atoms with Gasteiger partial charge >= 0.3 is 6.15 Å². The molecule has 0 fully saturated rings. The Morgan fingerprint density at radius 1 is 1.35 bits per heavy atom. The molecule has 0 spiro atoms. The molecular formula is C12H8N2O3. The van der Waals surface area contributed by atoms with Gasteiger partial charge in [0.2, 0.25) is 0 Å². The van der Waals surface area contributed by atoms with Crippen molar-refractivity contribution in [3.05, 3.63) is 35.5 Å². The summed E-state index contributed by atoms with van der Waals surface area (Å²) in [5.74, 6) is -0.500. The molecule has 0 saturated heterocycles. The van der Waals surface area contributed by atoms with Gasteiger partial charge in [0.1, 0.15) is 6.07 Å². The van der Waals surface area contributed by atoms with E-state index in [0.29, 0.717) is 5.56 Å². The number of aromatic amines is 1. The van der Waals surface area contributed by atoms with E-state index in [1.54, 1.807) is 12.3 Å². The number of nitriles is 1. The normalized spacial score (nSPS) is 8.71. The van der Waals surface area contributed by atoms with E-state index in [4.69, 9.17) is 14.9 Å². The van der Waals surface area contributed by atoms with Gasteiger partial charge in [-0.25, -0.2) is 0 Å². The van der Waals surface area contributed by atoms with Gasteiger partial charge in [-0.1, -0.05) is 12.1 Å². The Labute approximate surface area is 96.7 Å². The molecule has 2 rings (SSSR count). The van der Waals surface area contributed by atoms with Gasteiger partial charge < -0.3 is 4.98 Å². The Bertz CT molecular complexity index is 629. The van der Waals surface area contributed by atoms with Crippen molar-refractivity contribution in [2.45, 2.75) is 6.92 Å². The second kappa shape index (κ2) is 5.40. The Morgan fingerprint density at radius 3 is 2.59 bits per heavy atom. The van der Waals surface area contributed by atoms with Crippen molar-refractivity contribution in [1.82, 2.24) is 4.98 Å². The fraction of sp³-hybridized carbons (Fsp3) is 0.0833. The quantitative estimate of drug-likeness (QED) is 0.592. The molecule has 0 aliphatic heterocycles. The highest BCUT2D eigenvalue weighted by Crippen LogP contribution is 2.19. The van der Waals surface area contributed by atoms with Crippen molar-refractivity contribution in [2.24, 2.45) is 0 Å². The van der Waals surface area contributed by atoms with Gasteiger partial charge in [0.05, 0.1) is 5.56 Å². The van der Waals surface area contributed by atoms with Crippen LogP contribution in [0, 0.1) is 18.3 Å². The standard InChI is InChI=1S/C11H8N2O.CO2/c1-7-2-3-8-9(11(14)5-12)6-13-10(8)4-7;2-1-3/h2-4,6,13H,1H3;. The first-order valence-electron chi connectivity index (χ1n) is 4.65. The van der Waals surface area contributed by atoms with E-state index in [-0.39, 0.29) is 6.15 Å². The molecule has 0 aliphatic carbocycles. The van der Waals surface area contributed by atoms with Gasteiger partial charge in [0.25, 0.3) is 5.78 Å². The van der Waals surface area contributed by atoms with Gasteiger partial charge in [-0.05, 0) is 18.6 Å². The van der Waals surface area contributed by atoms with Crippen LogP contribution < -0.4 is 0 Å². The number of carbonyl (C=O) groups excluding carboxylic acids is 3. The number of fused-ring (bicyclic) bond motifs is 1. The largest absolute Gasteiger partial charge is 0.373 e. The summed E-state index contributed by atoms with van der Waals surface area (Å²) >= 11 is 0. The molecule has 5 heteroatoms. The number of carbonyl (C=O) groups is 1. The third kappa shape index (κ3) is 2.65. The van der Waals surface area contributed by atoms with Crippen LogP contribution in [0.15, 0.2) is 24.4 Å². The zero-order valence-electron chi connectivity index (χ0n) is 8.98. The molecule has 0 atom stereocenters. The van der Waals surface area contributed by atoms with Crippen LogP contribution in [0.25, 0.3) is 10.9 Å². The van der Waals surface area contributed by atoms with Crippen molar-refractivity contribution in [3.8, 4) is 6.07 Å². The molecule has 1 heterocycles. The average molecular weight is 228 g/mol. The second-order valence-corrected chi connectivity index (χ2v) is 3.28. The Kier molecular flexibility index (Phi) is 3.93. The minimum absolute atomic E-state index is 0.250. The first-order chi connectivity index (χ1) is 8.13. The van der Waals surface area contributed by atoms with Gasteiger partial charge in [0.15, 0.2) is 0 Å². The Morgan fingerprint density at radius 2 is 2.00 bits per heavy atom. The Balaban J connectivity index is 0.000000437. The summed E-state index contributed by atoms with van der Waals surface area (Å²) in [6.45, 7) is 1.98. The molecule has 0 bridgehead atoms. The summed E-state index contributed by atoms with van der Waals surface area (Å²) < 4.78 is 0. The SMILES string of the molecule is Cc1ccc2c(C(=O)C#N)c[nH]c2c1.O=C=O. The smallest absolute Gasteiger partial charge is 0.360 e. The number of nitrogens with zero attached hydrogens (tertiary/aromatic N) is 1. The molecule has 0 unspecified atom stereocenters. The highest BCUT2D eigenvalue weighted by Gasteiger charge is 2.10. The number of Topliss-reactive ketones (excluding diaryl/α,β-unsaturated/α-hetero) is 1. The van der Waals surface area contributed by atoms with E-state index in [1.165, 1.54) is 0 Å². The summed E-state index contributed by atoms with van der Waals surface area (Å²) in [6, 6.07) is 7.34. The Hall–Kier alpha value is -2.70. The van der Waals surface area contributed by atoms with Crippen LogP contribution in [-0.2, 0) is 9.59 Å². The summed E-state index contributed by atoms with van der Waals surface area (Å²) in [7, 11) is 0. The molecule has 17 heavy (non-hydrogen) atoms. The summed E-state index contributed by atoms with van der Waals surface area (Å²) in [5, 5.41) is 9.31. The van der Waals surface area contributed by atoms with E-state index in [0.717, 1.165) is 16.5 Å². The number of hydrogen-bond acceptors (Lipinski definition) is 4. The molecule has 2 aromatic rings. The number of rotatable bonds is 1. The maximum atomic E-state index is 11.2. The lowest BCUT2D eigenvalue weighted by Gasteiger charge is -1.93. The molecule has 0 saturated carbocycles. The number of ketones is 1. The maximum Gasteiger partial charge on any atom is 0.373 e. The average Bonchev–Trinajstić information content (AvgIpc) is 2.72. The predicted octanol–water partition coefficient (Wildman–Crippen LogP) is 1.60. The highest BCUT2D eigenvalue weighted by molar-refractivity contribution is 6.15. The van der Waals surface area contributed by atoms with Gasteiger partial charge in [-0.15, -0.1) is 0 Å². The van der Waals surface area contributed by atoms with Crippen LogP contribution in [0.2, 0.25) is 0 Å². The minimum Gasteiger partial charge on any atom is -0.360 e. The number of benzene rings is 1. The van der Waals surface area contributed by atoms with Crippen molar-refractivity contribution >= 4 is 22.8 Å². The van der Waals surface area contributed by atoms with E-state index in [1.807, 2.05) is 25.1 Å². The van der Waals surface area contributed by atoms with Crippen LogP contribution in [-0.4, -0.2) is 16.9 Å². The van der Waals surface area contributed by atoms with E-state index in [9.17, 15) is 4.79 Å². The highest BCUT2D eigenvalue weighted by atomic mass is 16.2. The molecule has 0 aliphatic rings. The number of H-pyrrole nitrogens is 1. The van der Waals surface area contributed by atoms with Gasteiger partial charge in [0, 0.05) is 17.1 Å². The van der Waals surface area contributed by atoms with E-state index < -0.39 is 5.78 Å². The van der Waals surface area contributed by atoms with Crippen molar-refractivity contribution < 1.29 is 14.4 Å².